The van der Waals surface area contributed by atoms with Crippen LogP contribution in [0.25, 0.3) is 0 Å². The normalized spacial score (nSPS) is 10.7. The molecule has 0 atom stereocenters. The Labute approximate surface area is 125 Å². The average Bonchev–Trinajstić information content (AvgIpc) is 2.93. The summed E-state index contributed by atoms with van der Waals surface area (Å²) in [4.78, 5) is 17.7. The van der Waals surface area contributed by atoms with Crippen LogP contribution >= 0.6 is 0 Å². The molecule has 5 heteroatoms. The molecular weight excluding hydrogens is 264 g/mol. The van der Waals surface area contributed by atoms with Crippen molar-refractivity contribution >= 4 is 11.6 Å². The van der Waals surface area contributed by atoms with Crippen LogP contribution in [-0.2, 0) is 6.54 Å². The molecule has 2 rings (SSSR count). The van der Waals surface area contributed by atoms with E-state index in [1.165, 1.54) is 0 Å². The number of aromatic nitrogens is 2. The SMILES string of the molecule is CC(C)n1cncc1CNc1cccc(C(=O)N(C)C)c1. The van der Waals surface area contributed by atoms with Gasteiger partial charge < -0.3 is 14.8 Å². The van der Waals surface area contributed by atoms with Crippen LogP contribution < -0.4 is 5.32 Å². The third-order valence-electron chi connectivity index (χ3n) is 3.29. The van der Waals surface area contributed by atoms with Crippen LogP contribution in [0.4, 0.5) is 5.69 Å². The molecule has 0 fully saturated rings. The van der Waals surface area contributed by atoms with Crippen molar-refractivity contribution in [1.29, 1.82) is 0 Å². The number of hydrogen-bond acceptors (Lipinski definition) is 3. The number of benzene rings is 1. The lowest BCUT2D eigenvalue weighted by Gasteiger charge is -2.14. The summed E-state index contributed by atoms with van der Waals surface area (Å²) in [6.07, 6.45) is 3.70. The number of nitrogens with one attached hydrogen (secondary N) is 1. The molecule has 1 amide bonds. The van der Waals surface area contributed by atoms with Crippen molar-refractivity contribution < 1.29 is 4.79 Å². The Kier molecular flexibility index (Phi) is 4.62. The third kappa shape index (κ3) is 3.62. The summed E-state index contributed by atoms with van der Waals surface area (Å²) >= 11 is 0. The number of carbonyl (C=O) groups is 1. The van der Waals surface area contributed by atoms with Crippen LogP contribution in [0, 0.1) is 0 Å². The van der Waals surface area contributed by atoms with Crippen molar-refractivity contribution in [3.05, 3.63) is 48.0 Å². The smallest absolute Gasteiger partial charge is 0.253 e. The second-order valence-electron chi connectivity index (χ2n) is 5.52. The molecule has 1 heterocycles. The summed E-state index contributed by atoms with van der Waals surface area (Å²) < 4.78 is 2.13. The molecule has 0 aliphatic carbocycles. The van der Waals surface area contributed by atoms with E-state index >= 15 is 0 Å². The molecule has 2 aromatic rings. The fourth-order valence-corrected chi connectivity index (χ4v) is 2.15. The van der Waals surface area contributed by atoms with Crippen LogP contribution in [0.3, 0.4) is 0 Å². The van der Waals surface area contributed by atoms with E-state index in [-0.39, 0.29) is 5.91 Å². The van der Waals surface area contributed by atoms with Gasteiger partial charge in [0.1, 0.15) is 0 Å². The molecule has 0 aliphatic rings. The first-order valence-electron chi connectivity index (χ1n) is 7.05. The molecule has 0 spiro atoms. The molecule has 112 valence electrons. The number of nitrogens with zero attached hydrogens (tertiary/aromatic N) is 3. The van der Waals surface area contributed by atoms with Crippen LogP contribution in [0.2, 0.25) is 0 Å². The highest BCUT2D eigenvalue weighted by Gasteiger charge is 2.09. The van der Waals surface area contributed by atoms with Gasteiger partial charge in [-0.1, -0.05) is 6.07 Å². The lowest BCUT2D eigenvalue weighted by molar-refractivity contribution is 0.0827. The van der Waals surface area contributed by atoms with E-state index in [2.05, 4.69) is 28.7 Å². The molecule has 1 aromatic heterocycles. The van der Waals surface area contributed by atoms with Crippen LogP contribution in [0.5, 0.6) is 0 Å². The van der Waals surface area contributed by atoms with Crippen molar-refractivity contribution in [3.63, 3.8) is 0 Å². The second kappa shape index (κ2) is 6.43. The zero-order chi connectivity index (χ0) is 15.4. The first-order chi connectivity index (χ1) is 9.99. The predicted molar refractivity (Wildman–Crippen MR) is 84.4 cm³/mol. The molecule has 1 N–H and O–H groups in total. The first-order valence-corrected chi connectivity index (χ1v) is 7.05. The summed E-state index contributed by atoms with van der Waals surface area (Å²) in [5.41, 5.74) is 2.73. The Hall–Kier alpha value is -2.30. The van der Waals surface area contributed by atoms with Gasteiger partial charge in [0.2, 0.25) is 0 Å². The molecular formula is C16H22N4O. The minimum absolute atomic E-state index is 0.00544. The van der Waals surface area contributed by atoms with E-state index in [4.69, 9.17) is 0 Å². The summed E-state index contributed by atoms with van der Waals surface area (Å²) in [6, 6.07) is 7.93. The van der Waals surface area contributed by atoms with E-state index in [1.807, 2.05) is 36.8 Å². The van der Waals surface area contributed by atoms with Gasteiger partial charge in [-0.3, -0.25) is 4.79 Å². The molecule has 1 aromatic carbocycles. The molecule has 21 heavy (non-hydrogen) atoms. The highest BCUT2D eigenvalue weighted by Crippen LogP contribution is 2.15. The number of hydrogen-bond donors (Lipinski definition) is 1. The molecule has 0 aliphatic heterocycles. The summed E-state index contributed by atoms with van der Waals surface area (Å²) in [7, 11) is 3.51. The van der Waals surface area contributed by atoms with Crippen molar-refractivity contribution in [2.75, 3.05) is 19.4 Å². The van der Waals surface area contributed by atoms with Gasteiger partial charge in [0.25, 0.3) is 5.91 Å². The molecule has 0 saturated heterocycles. The van der Waals surface area contributed by atoms with E-state index in [0.29, 0.717) is 18.2 Å². The Balaban J connectivity index is 2.08. The van der Waals surface area contributed by atoms with Gasteiger partial charge in [0.15, 0.2) is 0 Å². The van der Waals surface area contributed by atoms with Gasteiger partial charge in [0.05, 0.1) is 18.6 Å². The number of carbonyl (C=O) groups excluding carboxylic acids is 1. The quantitative estimate of drug-likeness (QED) is 0.919. The van der Waals surface area contributed by atoms with E-state index in [9.17, 15) is 4.79 Å². The Morgan fingerprint density at radius 2 is 2.14 bits per heavy atom. The van der Waals surface area contributed by atoms with E-state index in [1.54, 1.807) is 19.0 Å². The zero-order valence-corrected chi connectivity index (χ0v) is 13.0. The average molecular weight is 286 g/mol. The Morgan fingerprint density at radius 1 is 1.38 bits per heavy atom. The fraction of sp³-hybridized carbons (Fsp3) is 0.375. The largest absolute Gasteiger partial charge is 0.379 e. The lowest BCUT2D eigenvalue weighted by atomic mass is 10.2. The van der Waals surface area contributed by atoms with E-state index in [0.717, 1.165) is 11.4 Å². The number of amides is 1. The summed E-state index contributed by atoms with van der Waals surface area (Å²) in [6.45, 7) is 4.93. The minimum atomic E-state index is 0.00544. The minimum Gasteiger partial charge on any atom is -0.379 e. The van der Waals surface area contributed by atoms with Crippen LogP contribution in [-0.4, -0.2) is 34.5 Å². The summed E-state index contributed by atoms with van der Waals surface area (Å²) in [5, 5.41) is 3.34. The van der Waals surface area contributed by atoms with Gasteiger partial charge in [0, 0.05) is 37.6 Å². The maximum Gasteiger partial charge on any atom is 0.253 e. The molecule has 0 bridgehead atoms. The van der Waals surface area contributed by atoms with Crippen molar-refractivity contribution in [1.82, 2.24) is 14.5 Å². The van der Waals surface area contributed by atoms with Gasteiger partial charge in [-0.25, -0.2) is 4.98 Å². The molecule has 0 radical (unpaired) electrons. The Bertz CT molecular complexity index is 616. The maximum atomic E-state index is 12.0. The van der Waals surface area contributed by atoms with Gasteiger partial charge >= 0.3 is 0 Å². The predicted octanol–water partition coefficient (Wildman–Crippen LogP) is 2.78. The summed E-state index contributed by atoms with van der Waals surface area (Å²) in [5.74, 6) is 0.00544. The standard InChI is InChI=1S/C16H22N4O/c1-12(2)20-11-17-9-15(20)10-18-14-7-5-6-13(8-14)16(21)19(3)4/h5-9,11-12,18H,10H2,1-4H3. The maximum absolute atomic E-state index is 12.0. The second-order valence-corrected chi connectivity index (χ2v) is 5.52. The topological polar surface area (TPSA) is 50.2 Å². The van der Waals surface area contributed by atoms with Crippen molar-refractivity contribution in [2.45, 2.75) is 26.4 Å². The lowest BCUT2D eigenvalue weighted by Crippen LogP contribution is -2.21. The highest BCUT2D eigenvalue weighted by molar-refractivity contribution is 5.94. The molecule has 0 saturated carbocycles. The monoisotopic (exact) mass is 286 g/mol. The van der Waals surface area contributed by atoms with Gasteiger partial charge in [-0.2, -0.15) is 0 Å². The zero-order valence-electron chi connectivity index (χ0n) is 13.0. The first kappa shape index (κ1) is 15.1. The van der Waals surface area contributed by atoms with Crippen molar-refractivity contribution in [2.24, 2.45) is 0 Å². The van der Waals surface area contributed by atoms with E-state index < -0.39 is 0 Å². The number of anilines is 1. The number of rotatable bonds is 5. The van der Waals surface area contributed by atoms with Crippen LogP contribution in [0.15, 0.2) is 36.8 Å². The van der Waals surface area contributed by atoms with Crippen LogP contribution in [0.1, 0.15) is 35.9 Å². The van der Waals surface area contributed by atoms with Crippen molar-refractivity contribution in [3.8, 4) is 0 Å². The molecule has 0 unspecified atom stereocenters. The number of imidazole rings is 1. The highest BCUT2D eigenvalue weighted by atomic mass is 16.2. The fourth-order valence-electron chi connectivity index (χ4n) is 2.15. The Morgan fingerprint density at radius 3 is 2.81 bits per heavy atom. The third-order valence-corrected chi connectivity index (χ3v) is 3.29. The molecule has 5 nitrogen and oxygen atoms in total. The van der Waals surface area contributed by atoms with Gasteiger partial charge in [-0.05, 0) is 32.0 Å². The van der Waals surface area contributed by atoms with Gasteiger partial charge in [-0.15, -0.1) is 0 Å².